The first-order valence-corrected chi connectivity index (χ1v) is 13.1. The van der Waals surface area contributed by atoms with Gasteiger partial charge in [0, 0.05) is 24.0 Å². The highest BCUT2D eigenvalue weighted by molar-refractivity contribution is 7.89. The Morgan fingerprint density at radius 1 is 1.15 bits per heavy atom. The van der Waals surface area contributed by atoms with Gasteiger partial charge < -0.3 is 4.90 Å². The first-order valence-electron chi connectivity index (χ1n) is 11.2. The summed E-state index contributed by atoms with van der Waals surface area (Å²) in [7, 11) is -4.07. The molecule has 11 heteroatoms. The molecule has 0 spiro atoms. The molecule has 2 heterocycles. The molecule has 8 nitrogen and oxygen atoms in total. The highest BCUT2D eigenvalue weighted by atomic mass is 35.5. The van der Waals surface area contributed by atoms with Crippen LogP contribution in [0, 0.1) is 19.7 Å². The maximum atomic E-state index is 14.9. The first-order chi connectivity index (χ1) is 16.2. The van der Waals surface area contributed by atoms with E-state index in [1.165, 1.54) is 12.1 Å². The van der Waals surface area contributed by atoms with Crippen LogP contribution in [-0.4, -0.2) is 42.1 Å². The van der Waals surface area contributed by atoms with Gasteiger partial charge in [0.2, 0.25) is 10.0 Å². The Balaban J connectivity index is 1.76. The number of halogens is 2. The largest absolute Gasteiger partial charge is 0.370 e. The zero-order valence-corrected chi connectivity index (χ0v) is 20.9. The van der Waals surface area contributed by atoms with Crippen molar-refractivity contribution >= 4 is 27.3 Å². The summed E-state index contributed by atoms with van der Waals surface area (Å²) in [5, 5.41) is 14.5. The molecule has 1 fully saturated rings. The molecule has 0 aliphatic carbocycles. The number of H-pyrrole nitrogens is 1. The van der Waals surface area contributed by atoms with Crippen LogP contribution >= 0.6 is 11.6 Å². The lowest BCUT2D eigenvalue weighted by molar-refractivity contribution is 0.478. The number of nitrogens with zero attached hydrogens (tertiary/aromatic N) is 4. The topological polar surface area (TPSA) is 104 Å². The molecule has 1 aliphatic rings. The number of sulfonamides is 1. The van der Waals surface area contributed by atoms with E-state index >= 15 is 0 Å². The number of hydrogen-bond acceptors (Lipinski definition) is 6. The number of piperidine rings is 1. The zero-order valence-electron chi connectivity index (χ0n) is 19.3. The molecule has 2 aromatic carbocycles. The third kappa shape index (κ3) is 4.94. The number of tetrazole rings is 1. The van der Waals surface area contributed by atoms with Gasteiger partial charge in [0.1, 0.15) is 10.7 Å². The molecule has 2 N–H and O–H groups in total. The van der Waals surface area contributed by atoms with E-state index in [-0.39, 0.29) is 10.7 Å². The number of aryl methyl sites for hydroxylation is 1. The number of rotatable bonds is 7. The predicted molar refractivity (Wildman–Crippen MR) is 129 cm³/mol. The monoisotopic (exact) mass is 506 g/mol. The summed E-state index contributed by atoms with van der Waals surface area (Å²) in [6.07, 6.45) is 3.07. The van der Waals surface area contributed by atoms with Gasteiger partial charge in [-0.1, -0.05) is 29.8 Å². The number of nitrogens with one attached hydrogen (secondary N) is 2. The van der Waals surface area contributed by atoms with E-state index in [0.717, 1.165) is 43.5 Å². The van der Waals surface area contributed by atoms with Crippen molar-refractivity contribution in [3.8, 4) is 0 Å². The van der Waals surface area contributed by atoms with Crippen LogP contribution in [0.2, 0.25) is 5.02 Å². The molecule has 0 radical (unpaired) electrons. The van der Waals surface area contributed by atoms with E-state index in [9.17, 15) is 12.8 Å². The molecule has 0 saturated carbocycles. The van der Waals surface area contributed by atoms with Crippen LogP contribution in [0.15, 0.2) is 35.2 Å². The maximum absolute atomic E-state index is 14.9. The van der Waals surface area contributed by atoms with Gasteiger partial charge in [0.15, 0.2) is 5.82 Å². The Labute approximate surface area is 204 Å². The minimum Gasteiger partial charge on any atom is -0.370 e. The van der Waals surface area contributed by atoms with E-state index < -0.39 is 27.8 Å². The lowest BCUT2D eigenvalue weighted by Gasteiger charge is -2.31. The van der Waals surface area contributed by atoms with Crippen LogP contribution in [-0.2, 0) is 10.0 Å². The summed E-state index contributed by atoms with van der Waals surface area (Å²) >= 11 is 6.24. The fourth-order valence-electron chi connectivity index (χ4n) is 4.54. The number of benzene rings is 2. The van der Waals surface area contributed by atoms with Crippen molar-refractivity contribution in [3.63, 3.8) is 0 Å². The lowest BCUT2D eigenvalue weighted by Crippen LogP contribution is -2.36. The minimum absolute atomic E-state index is 0.112. The molecule has 1 aliphatic heterocycles. The molecule has 0 amide bonds. The van der Waals surface area contributed by atoms with Gasteiger partial charge in [0.25, 0.3) is 0 Å². The molecule has 1 saturated heterocycles. The summed E-state index contributed by atoms with van der Waals surface area (Å²) < 4.78 is 45.1. The fraction of sp³-hybridized carbons (Fsp3) is 0.435. The maximum Gasteiger partial charge on any atom is 0.243 e. The van der Waals surface area contributed by atoms with Crippen LogP contribution in [0.25, 0.3) is 0 Å². The molecule has 2 atom stereocenters. The highest BCUT2D eigenvalue weighted by Crippen LogP contribution is 2.36. The number of aromatic nitrogens is 4. The van der Waals surface area contributed by atoms with Crippen LogP contribution in [0.1, 0.15) is 60.7 Å². The van der Waals surface area contributed by atoms with E-state index in [2.05, 4.69) is 25.3 Å². The van der Waals surface area contributed by atoms with Gasteiger partial charge in [-0.15, -0.1) is 10.2 Å². The van der Waals surface area contributed by atoms with Crippen LogP contribution < -0.4 is 9.62 Å². The molecule has 4 rings (SSSR count). The standard InChI is InChI=1S/C23H28ClFN6O2S/c1-14-7-9-18(25)21(15(14)2)16(3)22(23-26-29-30-27-23)28-34(32,33)20-10-8-17(24)13-19(20)31-11-5-4-6-12-31/h7-10,13,16,22,28H,4-6,11-12H2,1-3H3,(H,26,27,29,30)/t16-,22+/m1/s1. The summed E-state index contributed by atoms with van der Waals surface area (Å²) in [6, 6.07) is 6.88. The summed E-state index contributed by atoms with van der Waals surface area (Å²) in [4.78, 5) is 2.15. The van der Waals surface area contributed by atoms with Gasteiger partial charge in [-0.25, -0.2) is 12.8 Å². The molecular formula is C23H28ClFN6O2S. The van der Waals surface area contributed by atoms with Gasteiger partial charge in [-0.05, 0) is 74.1 Å². The second-order valence-corrected chi connectivity index (χ2v) is 10.8. The quantitative estimate of drug-likeness (QED) is 0.491. The summed E-state index contributed by atoms with van der Waals surface area (Å²) in [5.74, 6) is -0.897. The van der Waals surface area contributed by atoms with Gasteiger partial charge in [-0.3, -0.25) is 0 Å². The van der Waals surface area contributed by atoms with Crippen LogP contribution in [0.4, 0.5) is 10.1 Å². The first kappa shape index (κ1) is 24.6. The Morgan fingerprint density at radius 2 is 1.88 bits per heavy atom. The lowest BCUT2D eigenvalue weighted by atomic mass is 9.88. The third-order valence-electron chi connectivity index (χ3n) is 6.52. The molecule has 34 heavy (non-hydrogen) atoms. The van der Waals surface area contributed by atoms with Gasteiger partial charge in [0.05, 0.1) is 11.7 Å². The molecular weight excluding hydrogens is 479 g/mol. The van der Waals surface area contributed by atoms with Crippen LogP contribution in [0.5, 0.6) is 0 Å². The zero-order chi connectivity index (χ0) is 24.5. The van der Waals surface area contributed by atoms with Crippen molar-refractivity contribution in [1.29, 1.82) is 0 Å². The van der Waals surface area contributed by atoms with E-state index in [1.54, 1.807) is 25.1 Å². The normalized spacial score (nSPS) is 16.4. The highest BCUT2D eigenvalue weighted by Gasteiger charge is 2.34. The molecule has 0 bridgehead atoms. The number of hydrogen-bond donors (Lipinski definition) is 2. The molecule has 3 aromatic rings. The second kappa shape index (κ2) is 9.97. The van der Waals surface area contributed by atoms with Crippen molar-refractivity contribution in [3.05, 3.63) is 63.7 Å². The van der Waals surface area contributed by atoms with Crippen molar-refractivity contribution in [1.82, 2.24) is 25.3 Å². The van der Waals surface area contributed by atoms with E-state index in [1.807, 2.05) is 18.7 Å². The van der Waals surface area contributed by atoms with Gasteiger partial charge >= 0.3 is 0 Å². The molecule has 0 unspecified atom stereocenters. The summed E-state index contributed by atoms with van der Waals surface area (Å²) in [6.45, 7) is 6.96. The average Bonchev–Trinajstić information content (AvgIpc) is 3.35. The Morgan fingerprint density at radius 3 is 2.56 bits per heavy atom. The second-order valence-electron chi connectivity index (χ2n) is 8.72. The third-order valence-corrected chi connectivity index (χ3v) is 8.24. The van der Waals surface area contributed by atoms with Crippen molar-refractivity contribution in [2.45, 2.75) is 56.9 Å². The van der Waals surface area contributed by atoms with Crippen molar-refractivity contribution in [2.75, 3.05) is 18.0 Å². The van der Waals surface area contributed by atoms with Gasteiger partial charge in [-0.2, -0.15) is 9.94 Å². The fourth-order valence-corrected chi connectivity index (χ4v) is 6.19. The van der Waals surface area contributed by atoms with Crippen LogP contribution in [0.3, 0.4) is 0 Å². The van der Waals surface area contributed by atoms with E-state index in [4.69, 9.17) is 11.6 Å². The Hall–Kier alpha value is -2.56. The smallest absolute Gasteiger partial charge is 0.243 e. The predicted octanol–water partition coefficient (Wildman–Crippen LogP) is 4.42. The summed E-state index contributed by atoms with van der Waals surface area (Å²) in [5.41, 5.74) is 2.62. The molecule has 182 valence electrons. The molecule has 1 aromatic heterocycles. The number of aromatic amines is 1. The number of anilines is 1. The Kier molecular flexibility index (Phi) is 7.20. The van der Waals surface area contributed by atoms with E-state index in [0.29, 0.717) is 16.3 Å². The SMILES string of the molecule is Cc1ccc(F)c([C@@H](C)[C@H](NS(=O)(=O)c2ccc(Cl)cc2N2CCCCC2)c2nn[nH]n2)c1C. The minimum atomic E-state index is -4.07. The Bertz CT molecular complexity index is 1260. The van der Waals surface area contributed by atoms with Crippen molar-refractivity contribution in [2.24, 2.45) is 0 Å². The van der Waals surface area contributed by atoms with Crippen molar-refractivity contribution < 1.29 is 12.8 Å². The average molecular weight is 507 g/mol.